The first-order valence-electron chi connectivity index (χ1n) is 6.22. The second kappa shape index (κ2) is 5.27. The summed E-state index contributed by atoms with van der Waals surface area (Å²) in [5, 5.41) is 12.4. The van der Waals surface area contributed by atoms with Crippen molar-refractivity contribution in [2.75, 3.05) is 29.9 Å². The molecule has 19 heavy (non-hydrogen) atoms. The third-order valence-electron chi connectivity index (χ3n) is 3.91. The van der Waals surface area contributed by atoms with Gasteiger partial charge < -0.3 is 15.3 Å². The maximum atomic E-state index is 10.9. The van der Waals surface area contributed by atoms with E-state index in [0.29, 0.717) is 17.8 Å². The largest absolute Gasteiger partial charge is 0.465 e. The number of rotatable bonds is 2. The van der Waals surface area contributed by atoms with Crippen molar-refractivity contribution in [1.82, 2.24) is 5.32 Å². The number of nitrogens with zero attached hydrogens (tertiary/aromatic N) is 2. The zero-order valence-electron chi connectivity index (χ0n) is 10.7. The standard InChI is InChI=1S/C13H17N3O2.ClH/c1-15(13(17)18)10-2-4-11(5-3-10)16-8-9-6-12(16)7-14-9;/h2-5,9,12,14H,6-8H2,1H3,(H,17,18);1H/t9-,12-;/m0./s1. The van der Waals surface area contributed by atoms with E-state index in [1.165, 1.54) is 17.0 Å². The Bertz CT molecular complexity index is 465. The summed E-state index contributed by atoms with van der Waals surface area (Å²) < 4.78 is 0. The molecule has 0 radical (unpaired) electrons. The summed E-state index contributed by atoms with van der Waals surface area (Å²) >= 11 is 0. The molecule has 0 saturated carbocycles. The molecule has 2 bridgehead atoms. The van der Waals surface area contributed by atoms with Crippen molar-refractivity contribution in [1.29, 1.82) is 0 Å². The Morgan fingerprint density at radius 3 is 2.58 bits per heavy atom. The molecule has 2 N–H and O–H groups in total. The quantitative estimate of drug-likeness (QED) is 0.869. The molecule has 0 unspecified atom stereocenters. The van der Waals surface area contributed by atoms with Gasteiger partial charge in [-0.3, -0.25) is 4.90 Å². The molecule has 0 spiro atoms. The van der Waals surface area contributed by atoms with E-state index in [0.717, 1.165) is 13.1 Å². The van der Waals surface area contributed by atoms with Gasteiger partial charge in [0.2, 0.25) is 0 Å². The minimum atomic E-state index is -0.938. The number of anilines is 2. The highest BCUT2D eigenvalue weighted by Crippen LogP contribution is 2.30. The van der Waals surface area contributed by atoms with Gasteiger partial charge in [-0.2, -0.15) is 0 Å². The number of carboxylic acid groups (broad SMARTS) is 1. The van der Waals surface area contributed by atoms with E-state index >= 15 is 0 Å². The predicted molar refractivity (Wildman–Crippen MR) is 77.7 cm³/mol. The van der Waals surface area contributed by atoms with Gasteiger partial charge in [-0.15, -0.1) is 12.4 Å². The fourth-order valence-electron chi connectivity index (χ4n) is 2.86. The summed E-state index contributed by atoms with van der Waals surface area (Å²) in [6.45, 7) is 2.11. The van der Waals surface area contributed by atoms with Crippen molar-refractivity contribution in [2.45, 2.75) is 18.5 Å². The Hall–Kier alpha value is -1.46. The fourth-order valence-corrected chi connectivity index (χ4v) is 2.86. The lowest BCUT2D eigenvalue weighted by molar-refractivity contribution is 0.203. The summed E-state index contributed by atoms with van der Waals surface area (Å²) in [6, 6.07) is 8.96. The predicted octanol–water partition coefficient (Wildman–Crippen LogP) is 1.77. The summed E-state index contributed by atoms with van der Waals surface area (Å²) in [5.74, 6) is 0. The summed E-state index contributed by atoms with van der Waals surface area (Å²) in [7, 11) is 1.55. The molecule has 2 aliphatic heterocycles. The molecular formula is C13H18ClN3O2. The third kappa shape index (κ3) is 2.48. The first-order chi connectivity index (χ1) is 8.65. The molecule has 1 aromatic rings. The van der Waals surface area contributed by atoms with Crippen molar-refractivity contribution in [2.24, 2.45) is 0 Å². The lowest BCUT2D eigenvalue weighted by Gasteiger charge is -2.29. The first-order valence-corrected chi connectivity index (χ1v) is 6.22. The molecule has 2 aliphatic rings. The average molecular weight is 284 g/mol. The highest BCUT2D eigenvalue weighted by Gasteiger charge is 2.37. The molecule has 3 rings (SSSR count). The third-order valence-corrected chi connectivity index (χ3v) is 3.91. The molecule has 2 saturated heterocycles. The Morgan fingerprint density at radius 1 is 1.42 bits per heavy atom. The van der Waals surface area contributed by atoms with Gasteiger partial charge in [-0.1, -0.05) is 0 Å². The molecule has 1 amide bonds. The van der Waals surface area contributed by atoms with Crippen LogP contribution in [0, 0.1) is 0 Å². The molecule has 5 nitrogen and oxygen atoms in total. The molecule has 2 fully saturated rings. The second-order valence-corrected chi connectivity index (χ2v) is 5.01. The van der Waals surface area contributed by atoms with Crippen LogP contribution in [0.25, 0.3) is 0 Å². The van der Waals surface area contributed by atoms with Crippen LogP contribution in [0.1, 0.15) is 6.42 Å². The van der Waals surface area contributed by atoms with E-state index < -0.39 is 6.09 Å². The van der Waals surface area contributed by atoms with Crippen LogP contribution in [-0.2, 0) is 0 Å². The van der Waals surface area contributed by atoms with E-state index in [-0.39, 0.29) is 12.4 Å². The van der Waals surface area contributed by atoms with Gasteiger partial charge >= 0.3 is 6.09 Å². The second-order valence-electron chi connectivity index (χ2n) is 5.01. The number of piperazine rings is 1. The van der Waals surface area contributed by atoms with E-state index in [1.807, 2.05) is 24.3 Å². The highest BCUT2D eigenvalue weighted by atomic mass is 35.5. The lowest BCUT2D eigenvalue weighted by atomic mass is 10.2. The Morgan fingerprint density at radius 2 is 2.11 bits per heavy atom. The molecule has 0 aromatic heterocycles. The van der Waals surface area contributed by atoms with Crippen molar-refractivity contribution in [3.05, 3.63) is 24.3 Å². The van der Waals surface area contributed by atoms with Crippen LogP contribution in [0.2, 0.25) is 0 Å². The Labute approximate surface area is 118 Å². The van der Waals surface area contributed by atoms with Crippen LogP contribution in [-0.4, -0.2) is 43.4 Å². The molecular weight excluding hydrogens is 266 g/mol. The van der Waals surface area contributed by atoms with Gasteiger partial charge in [0.25, 0.3) is 0 Å². The fraction of sp³-hybridized carbons (Fsp3) is 0.462. The number of nitrogens with one attached hydrogen (secondary N) is 1. The van der Waals surface area contributed by atoms with Crippen LogP contribution < -0.4 is 15.1 Å². The number of benzene rings is 1. The number of hydrogen-bond acceptors (Lipinski definition) is 3. The molecule has 1 aromatic carbocycles. The zero-order chi connectivity index (χ0) is 12.7. The molecule has 2 heterocycles. The number of hydrogen-bond donors (Lipinski definition) is 2. The van der Waals surface area contributed by atoms with Gasteiger partial charge in [0, 0.05) is 43.6 Å². The van der Waals surface area contributed by atoms with Gasteiger partial charge in [-0.05, 0) is 30.7 Å². The Kier molecular flexibility index (Phi) is 3.87. The number of fused-ring (bicyclic) bond motifs is 2. The highest BCUT2D eigenvalue weighted by molar-refractivity contribution is 5.85. The molecule has 6 heteroatoms. The van der Waals surface area contributed by atoms with Crippen molar-refractivity contribution in [3.63, 3.8) is 0 Å². The van der Waals surface area contributed by atoms with Crippen LogP contribution in [0.4, 0.5) is 16.2 Å². The van der Waals surface area contributed by atoms with E-state index in [9.17, 15) is 4.79 Å². The number of carbonyl (C=O) groups is 1. The van der Waals surface area contributed by atoms with Gasteiger partial charge in [-0.25, -0.2) is 4.79 Å². The van der Waals surface area contributed by atoms with Gasteiger partial charge in [0.1, 0.15) is 0 Å². The summed E-state index contributed by atoms with van der Waals surface area (Å²) in [5.41, 5.74) is 1.89. The van der Waals surface area contributed by atoms with Crippen molar-refractivity contribution in [3.8, 4) is 0 Å². The van der Waals surface area contributed by atoms with Crippen LogP contribution in [0.5, 0.6) is 0 Å². The van der Waals surface area contributed by atoms with Crippen molar-refractivity contribution < 1.29 is 9.90 Å². The lowest BCUT2D eigenvalue weighted by Crippen LogP contribution is -2.43. The minimum Gasteiger partial charge on any atom is -0.465 e. The molecule has 0 aliphatic carbocycles. The summed E-state index contributed by atoms with van der Waals surface area (Å²) in [6.07, 6.45) is 0.281. The first kappa shape index (κ1) is 14.0. The van der Waals surface area contributed by atoms with Crippen LogP contribution in [0.15, 0.2) is 24.3 Å². The van der Waals surface area contributed by atoms with E-state index in [1.54, 1.807) is 7.05 Å². The summed E-state index contributed by atoms with van der Waals surface area (Å²) in [4.78, 5) is 14.5. The van der Waals surface area contributed by atoms with Gasteiger partial charge in [0.15, 0.2) is 0 Å². The molecule has 104 valence electrons. The van der Waals surface area contributed by atoms with Crippen molar-refractivity contribution >= 4 is 29.9 Å². The van der Waals surface area contributed by atoms with Gasteiger partial charge in [0.05, 0.1) is 0 Å². The monoisotopic (exact) mass is 283 g/mol. The number of halogens is 1. The maximum Gasteiger partial charge on any atom is 0.411 e. The Balaban J connectivity index is 0.00000133. The normalized spacial score (nSPS) is 24.2. The van der Waals surface area contributed by atoms with Crippen LogP contribution >= 0.6 is 12.4 Å². The minimum absolute atomic E-state index is 0. The maximum absolute atomic E-state index is 10.9. The SMILES string of the molecule is CN(C(=O)O)c1ccc(N2C[C@@H]3C[C@H]2CN3)cc1.Cl. The van der Waals surface area contributed by atoms with E-state index in [2.05, 4.69) is 10.2 Å². The smallest absolute Gasteiger partial charge is 0.411 e. The average Bonchev–Trinajstić information content (AvgIpc) is 3.00. The van der Waals surface area contributed by atoms with E-state index in [4.69, 9.17) is 5.11 Å². The zero-order valence-corrected chi connectivity index (χ0v) is 11.6. The topological polar surface area (TPSA) is 55.8 Å². The molecule has 2 atom stereocenters. The number of amides is 1. The van der Waals surface area contributed by atoms with Crippen LogP contribution in [0.3, 0.4) is 0 Å².